The summed E-state index contributed by atoms with van der Waals surface area (Å²) in [5.41, 5.74) is 0.610. The van der Waals surface area contributed by atoms with Crippen LogP contribution in [0, 0.1) is 0 Å². The molecule has 1 aliphatic heterocycles. The number of anilines is 1. The number of hydrogen-bond acceptors (Lipinski definition) is 4. The third-order valence-corrected chi connectivity index (χ3v) is 3.96. The number of rotatable bonds is 5. The van der Waals surface area contributed by atoms with Crippen LogP contribution in [0.1, 0.15) is 6.42 Å². The van der Waals surface area contributed by atoms with Crippen molar-refractivity contribution in [2.24, 2.45) is 0 Å². The van der Waals surface area contributed by atoms with Crippen molar-refractivity contribution < 1.29 is 14.3 Å². The van der Waals surface area contributed by atoms with E-state index in [4.69, 9.17) is 21.1 Å². The topological polar surface area (TPSA) is 59.6 Å². The molecule has 0 bridgehead atoms. The molecule has 1 saturated heterocycles. The molecular weight excluding hydrogens is 328 g/mol. The van der Waals surface area contributed by atoms with Gasteiger partial charge in [0, 0.05) is 19.0 Å². The summed E-state index contributed by atoms with van der Waals surface area (Å²) in [7, 11) is 0. The molecule has 0 aliphatic carbocycles. The Morgan fingerprint density at radius 2 is 1.96 bits per heavy atom. The van der Waals surface area contributed by atoms with Crippen LogP contribution in [0.3, 0.4) is 0 Å². The molecule has 1 atom stereocenters. The van der Waals surface area contributed by atoms with Gasteiger partial charge in [0.2, 0.25) is 5.91 Å². The Bertz CT molecular complexity index is 702. The van der Waals surface area contributed by atoms with Crippen LogP contribution in [0.4, 0.5) is 5.69 Å². The Kier molecular flexibility index (Phi) is 5.69. The summed E-state index contributed by atoms with van der Waals surface area (Å²) in [4.78, 5) is 12.3. The number of nitrogens with one attached hydrogen (secondary N) is 2. The fourth-order valence-electron chi connectivity index (χ4n) is 2.48. The van der Waals surface area contributed by atoms with Gasteiger partial charge in [0.1, 0.15) is 5.75 Å². The standard InChI is InChI=1S/C18H19ClN2O3/c19-14-5-1-3-7-16(14)24-17-8-4-2-6-15(17)21-18(22)11-13-12-23-10-9-20-13/h1-8,13,20H,9-12H2,(H,21,22). The fourth-order valence-corrected chi connectivity index (χ4v) is 2.66. The number of carbonyl (C=O) groups excluding carboxylic acids is 1. The molecule has 126 valence electrons. The SMILES string of the molecule is O=C(CC1COCCN1)Nc1ccccc1Oc1ccccc1Cl. The lowest BCUT2D eigenvalue weighted by Gasteiger charge is -2.23. The highest BCUT2D eigenvalue weighted by Crippen LogP contribution is 2.33. The van der Waals surface area contributed by atoms with Gasteiger partial charge >= 0.3 is 0 Å². The molecule has 1 amide bonds. The van der Waals surface area contributed by atoms with Gasteiger partial charge in [0.05, 0.1) is 23.9 Å². The average molecular weight is 347 g/mol. The van der Waals surface area contributed by atoms with Gasteiger partial charge in [-0.05, 0) is 24.3 Å². The molecular formula is C18H19ClN2O3. The molecule has 1 aliphatic rings. The zero-order chi connectivity index (χ0) is 16.8. The minimum atomic E-state index is -0.0896. The maximum absolute atomic E-state index is 12.3. The zero-order valence-electron chi connectivity index (χ0n) is 13.1. The van der Waals surface area contributed by atoms with Gasteiger partial charge in [-0.1, -0.05) is 35.9 Å². The molecule has 1 unspecified atom stereocenters. The molecule has 5 nitrogen and oxygen atoms in total. The lowest BCUT2D eigenvalue weighted by Crippen LogP contribution is -2.43. The lowest BCUT2D eigenvalue weighted by molar-refractivity contribution is -0.117. The first-order chi connectivity index (χ1) is 11.7. The summed E-state index contributed by atoms with van der Waals surface area (Å²) < 4.78 is 11.2. The van der Waals surface area contributed by atoms with Crippen LogP contribution in [-0.4, -0.2) is 31.7 Å². The van der Waals surface area contributed by atoms with Crippen LogP contribution >= 0.6 is 11.6 Å². The monoisotopic (exact) mass is 346 g/mol. The second-order valence-electron chi connectivity index (χ2n) is 5.51. The van der Waals surface area contributed by atoms with E-state index in [1.807, 2.05) is 24.3 Å². The highest BCUT2D eigenvalue weighted by atomic mass is 35.5. The van der Waals surface area contributed by atoms with Gasteiger partial charge in [0.15, 0.2) is 5.75 Å². The first-order valence-corrected chi connectivity index (χ1v) is 8.22. The quantitative estimate of drug-likeness (QED) is 0.870. The summed E-state index contributed by atoms with van der Waals surface area (Å²) >= 11 is 6.13. The molecule has 2 aromatic rings. The van der Waals surface area contributed by atoms with E-state index in [2.05, 4.69) is 10.6 Å². The fraction of sp³-hybridized carbons (Fsp3) is 0.278. The minimum Gasteiger partial charge on any atom is -0.454 e. The van der Waals surface area contributed by atoms with Gasteiger partial charge in [-0.3, -0.25) is 4.79 Å². The molecule has 3 rings (SSSR count). The van der Waals surface area contributed by atoms with Crippen LogP contribution in [0.15, 0.2) is 48.5 Å². The second kappa shape index (κ2) is 8.15. The molecule has 2 N–H and O–H groups in total. The molecule has 24 heavy (non-hydrogen) atoms. The molecule has 0 radical (unpaired) electrons. The summed E-state index contributed by atoms with van der Waals surface area (Å²) in [5, 5.41) is 6.67. The number of benzene rings is 2. The Hall–Kier alpha value is -2.08. The van der Waals surface area contributed by atoms with E-state index in [-0.39, 0.29) is 11.9 Å². The third kappa shape index (κ3) is 4.47. The van der Waals surface area contributed by atoms with Gasteiger partial charge in [-0.15, -0.1) is 0 Å². The summed E-state index contributed by atoms with van der Waals surface area (Å²) in [6, 6.07) is 14.5. The summed E-state index contributed by atoms with van der Waals surface area (Å²) in [6.07, 6.45) is 0.348. The number of morpholine rings is 1. The molecule has 0 spiro atoms. The van der Waals surface area contributed by atoms with Gasteiger partial charge in [-0.25, -0.2) is 0 Å². The van der Waals surface area contributed by atoms with E-state index in [0.717, 1.165) is 6.54 Å². The van der Waals surface area contributed by atoms with E-state index in [1.165, 1.54) is 0 Å². The van der Waals surface area contributed by atoms with E-state index >= 15 is 0 Å². The maximum Gasteiger partial charge on any atom is 0.226 e. The van der Waals surface area contributed by atoms with Gasteiger partial charge < -0.3 is 20.1 Å². The Balaban J connectivity index is 1.67. The molecule has 1 heterocycles. The highest BCUT2D eigenvalue weighted by Gasteiger charge is 2.18. The van der Waals surface area contributed by atoms with E-state index in [0.29, 0.717) is 41.8 Å². The number of para-hydroxylation sites is 3. The predicted molar refractivity (Wildman–Crippen MR) is 93.8 cm³/mol. The Morgan fingerprint density at radius 3 is 2.71 bits per heavy atom. The maximum atomic E-state index is 12.3. The summed E-state index contributed by atoms with van der Waals surface area (Å²) in [5.74, 6) is 1.00. The van der Waals surface area contributed by atoms with Crippen LogP contribution in [0.2, 0.25) is 5.02 Å². The van der Waals surface area contributed by atoms with Crippen molar-refractivity contribution in [3.63, 3.8) is 0 Å². The largest absolute Gasteiger partial charge is 0.454 e. The van der Waals surface area contributed by atoms with Crippen molar-refractivity contribution in [1.29, 1.82) is 0 Å². The van der Waals surface area contributed by atoms with Crippen molar-refractivity contribution in [2.45, 2.75) is 12.5 Å². The van der Waals surface area contributed by atoms with Crippen LogP contribution in [-0.2, 0) is 9.53 Å². The highest BCUT2D eigenvalue weighted by molar-refractivity contribution is 6.32. The number of hydrogen-bond donors (Lipinski definition) is 2. The minimum absolute atomic E-state index is 0.0374. The van der Waals surface area contributed by atoms with Crippen molar-refractivity contribution in [2.75, 3.05) is 25.1 Å². The Morgan fingerprint density at radius 1 is 1.21 bits per heavy atom. The number of halogens is 1. The second-order valence-corrected chi connectivity index (χ2v) is 5.91. The number of amides is 1. The molecule has 1 fully saturated rings. The number of ether oxygens (including phenoxy) is 2. The van der Waals surface area contributed by atoms with Gasteiger partial charge in [-0.2, -0.15) is 0 Å². The van der Waals surface area contributed by atoms with Crippen LogP contribution in [0.25, 0.3) is 0 Å². The first-order valence-electron chi connectivity index (χ1n) is 7.85. The normalized spacial score (nSPS) is 17.3. The molecule has 2 aromatic carbocycles. The summed E-state index contributed by atoms with van der Waals surface area (Å²) in [6.45, 7) is 2.00. The van der Waals surface area contributed by atoms with E-state index < -0.39 is 0 Å². The smallest absolute Gasteiger partial charge is 0.226 e. The van der Waals surface area contributed by atoms with Crippen molar-refractivity contribution in [1.82, 2.24) is 5.32 Å². The lowest BCUT2D eigenvalue weighted by atomic mass is 10.2. The average Bonchev–Trinajstić information content (AvgIpc) is 2.59. The zero-order valence-corrected chi connectivity index (χ0v) is 13.9. The van der Waals surface area contributed by atoms with Crippen molar-refractivity contribution in [3.05, 3.63) is 53.6 Å². The van der Waals surface area contributed by atoms with Crippen LogP contribution < -0.4 is 15.4 Å². The van der Waals surface area contributed by atoms with Gasteiger partial charge in [0.25, 0.3) is 0 Å². The van der Waals surface area contributed by atoms with Crippen molar-refractivity contribution in [3.8, 4) is 11.5 Å². The van der Waals surface area contributed by atoms with Crippen LogP contribution in [0.5, 0.6) is 11.5 Å². The van der Waals surface area contributed by atoms with Crippen molar-refractivity contribution >= 4 is 23.2 Å². The van der Waals surface area contributed by atoms with E-state index in [9.17, 15) is 4.79 Å². The molecule has 6 heteroatoms. The predicted octanol–water partition coefficient (Wildman–Crippen LogP) is 3.45. The number of carbonyl (C=O) groups is 1. The third-order valence-electron chi connectivity index (χ3n) is 3.65. The Labute approximate surface area is 145 Å². The first kappa shape index (κ1) is 16.8. The molecule has 0 aromatic heterocycles. The molecule has 0 saturated carbocycles. The van der Waals surface area contributed by atoms with E-state index in [1.54, 1.807) is 24.3 Å².